The summed E-state index contributed by atoms with van der Waals surface area (Å²) in [6.07, 6.45) is -0.621. The lowest BCUT2D eigenvalue weighted by atomic mass is 9.89. The molecule has 2 atom stereocenters. The number of anilines is 1. The smallest absolute Gasteiger partial charge is 0.271 e. The van der Waals surface area contributed by atoms with Crippen LogP contribution in [0.3, 0.4) is 0 Å². The van der Waals surface area contributed by atoms with E-state index in [2.05, 4.69) is 6.07 Å². The molecule has 32 heavy (non-hydrogen) atoms. The van der Waals surface area contributed by atoms with Crippen LogP contribution in [-0.2, 0) is 4.79 Å². The number of hydrogen-bond acceptors (Lipinski definition) is 3. The van der Waals surface area contributed by atoms with Crippen LogP contribution in [0.25, 0.3) is 10.8 Å². The van der Waals surface area contributed by atoms with Crippen molar-refractivity contribution in [2.75, 3.05) is 11.5 Å². The Morgan fingerprint density at radius 2 is 1.53 bits per heavy atom. The summed E-state index contributed by atoms with van der Waals surface area (Å²) in [6.45, 7) is 2.54. The predicted octanol–water partition coefficient (Wildman–Crippen LogP) is 6.43. The number of β-lactam (4-membered cyclic amide) rings is 1. The van der Waals surface area contributed by atoms with Crippen LogP contribution in [0.1, 0.15) is 18.5 Å². The normalized spacial score (nSPS) is 17.8. The zero-order chi connectivity index (χ0) is 22.1. The second kappa shape index (κ2) is 8.56. The molecule has 1 aliphatic heterocycles. The van der Waals surface area contributed by atoms with E-state index in [1.165, 1.54) is 0 Å². The highest BCUT2D eigenvalue weighted by Crippen LogP contribution is 2.42. The molecule has 1 aliphatic rings. The topological polar surface area (TPSA) is 38.8 Å². The largest absolute Gasteiger partial charge is 0.494 e. The molecule has 1 saturated heterocycles. The van der Waals surface area contributed by atoms with Crippen molar-refractivity contribution < 1.29 is 14.3 Å². The van der Waals surface area contributed by atoms with Gasteiger partial charge in [-0.25, -0.2) is 0 Å². The van der Waals surface area contributed by atoms with Crippen LogP contribution >= 0.6 is 11.6 Å². The van der Waals surface area contributed by atoms with Gasteiger partial charge < -0.3 is 9.47 Å². The molecule has 0 spiro atoms. The molecule has 0 aromatic heterocycles. The number of hydrogen-bond donors (Lipinski definition) is 0. The summed E-state index contributed by atoms with van der Waals surface area (Å²) in [4.78, 5) is 15.0. The fraction of sp³-hybridized carbons (Fsp3) is 0.148. The van der Waals surface area contributed by atoms with Gasteiger partial charge in [-0.2, -0.15) is 0 Å². The maximum Gasteiger partial charge on any atom is 0.271 e. The van der Waals surface area contributed by atoms with E-state index in [4.69, 9.17) is 21.1 Å². The highest BCUT2D eigenvalue weighted by molar-refractivity contribution is 6.30. The van der Waals surface area contributed by atoms with Gasteiger partial charge in [0.2, 0.25) is 6.10 Å². The second-order valence-corrected chi connectivity index (χ2v) is 8.12. The fourth-order valence-corrected chi connectivity index (χ4v) is 4.23. The maximum atomic E-state index is 13.2. The first-order chi connectivity index (χ1) is 15.6. The van der Waals surface area contributed by atoms with Crippen molar-refractivity contribution in [3.8, 4) is 11.5 Å². The summed E-state index contributed by atoms with van der Waals surface area (Å²) in [6, 6.07) is 28.8. The van der Waals surface area contributed by atoms with E-state index in [1.54, 1.807) is 4.90 Å². The average Bonchev–Trinajstić information content (AvgIpc) is 2.82. The van der Waals surface area contributed by atoms with Crippen LogP contribution in [-0.4, -0.2) is 18.6 Å². The third kappa shape index (κ3) is 3.78. The van der Waals surface area contributed by atoms with Gasteiger partial charge in [-0.3, -0.25) is 9.69 Å². The minimum Gasteiger partial charge on any atom is -0.494 e. The van der Waals surface area contributed by atoms with Gasteiger partial charge in [-0.15, -0.1) is 0 Å². The second-order valence-electron chi connectivity index (χ2n) is 7.68. The third-order valence-corrected chi connectivity index (χ3v) is 5.92. The van der Waals surface area contributed by atoms with Gasteiger partial charge in [0.15, 0.2) is 0 Å². The molecule has 0 aliphatic carbocycles. The molecule has 0 unspecified atom stereocenters. The summed E-state index contributed by atoms with van der Waals surface area (Å²) < 4.78 is 11.8. The quantitative estimate of drug-likeness (QED) is 0.322. The third-order valence-electron chi connectivity index (χ3n) is 5.67. The summed E-state index contributed by atoms with van der Waals surface area (Å²) in [5, 5.41) is 2.85. The van der Waals surface area contributed by atoms with Crippen molar-refractivity contribution in [1.82, 2.24) is 0 Å². The summed E-state index contributed by atoms with van der Waals surface area (Å²) in [7, 11) is 0. The van der Waals surface area contributed by atoms with E-state index >= 15 is 0 Å². The zero-order valence-corrected chi connectivity index (χ0v) is 18.3. The lowest BCUT2D eigenvalue weighted by Crippen LogP contribution is -2.61. The SMILES string of the molecule is CCOc1ccc(N2C(=O)[C@H](Oc3ccc4ccccc4c3)[C@@H]2c2ccc(Cl)cc2)cc1. The summed E-state index contributed by atoms with van der Waals surface area (Å²) >= 11 is 6.10. The number of halogens is 1. The van der Waals surface area contributed by atoms with Gasteiger partial charge in [0.05, 0.1) is 6.61 Å². The molecule has 5 heteroatoms. The van der Waals surface area contributed by atoms with Crippen LogP contribution in [0.4, 0.5) is 5.69 Å². The Morgan fingerprint density at radius 3 is 2.25 bits per heavy atom. The summed E-state index contributed by atoms with van der Waals surface area (Å²) in [5.41, 5.74) is 1.77. The molecular formula is C27H22ClNO3. The number of rotatable bonds is 6. The number of carbonyl (C=O) groups excluding carboxylic acids is 1. The van der Waals surface area contributed by atoms with Crippen molar-refractivity contribution in [2.24, 2.45) is 0 Å². The van der Waals surface area contributed by atoms with Gasteiger partial charge >= 0.3 is 0 Å². The van der Waals surface area contributed by atoms with E-state index in [0.29, 0.717) is 17.4 Å². The monoisotopic (exact) mass is 443 g/mol. The highest BCUT2D eigenvalue weighted by atomic mass is 35.5. The van der Waals surface area contributed by atoms with Crippen molar-refractivity contribution in [2.45, 2.75) is 19.1 Å². The van der Waals surface area contributed by atoms with Gasteiger partial charge in [0.1, 0.15) is 17.5 Å². The number of nitrogens with zero attached hydrogens (tertiary/aromatic N) is 1. The fourth-order valence-electron chi connectivity index (χ4n) is 4.11. The molecule has 0 radical (unpaired) electrons. The Hall–Kier alpha value is -3.50. The first kappa shape index (κ1) is 20.4. The zero-order valence-electron chi connectivity index (χ0n) is 17.6. The molecule has 4 aromatic carbocycles. The Bertz CT molecular complexity index is 1250. The molecule has 0 bridgehead atoms. The molecule has 160 valence electrons. The van der Waals surface area contributed by atoms with Crippen molar-refractivity contribution >= 4 is 34.0 Å². The minimum atomic E-state index is -0.621. The molecule has 0 N–H and O–H groups in total. The van der Waals surface area contributed by atoms with Gasteiger partial charge in [-0.1, -0.05) is 54.1 Å². The van der Waals surface area contributed by atoms with Crippen molar-refractivity contribution in [1.29, 1.82) is 0 Å². The molecule has 4 nitrogen and oxygen atoms in total. The number of ether oxygens (including phenoxy) is 2. The molecule has 0 saturated carbocycles. The van der Waals surface area contributed by atoms with Crippen LogP contribution in [0.2, 0.25) is 5.02 Å². The lowest BCUT2D eigenvalue weighted by Gasteiger charge is -2.46. The van der Waals surface area contributed by atoms with Crippen LogP contribution in [0.15, 0.2) is 91.0 Å². The molecule has 5 rings (SSSR count). The maximum absolute atomic E-state index is 13.2. The van der Waals surface area contributed by atoms with Crippen molar-refractivity contribution in [3.63, 3.8) is 0 Å². The first-order valence-corrected chi connectivity index (χ1v) is 11.0. The van der Waals surface area contributed by atoms with Crippen LogP contribution in [0.5, 0.6) is 11.5 Å². The number of amides is 1. The van der Waals surface area contributed by atoms with E-state index < -0.39 is 6.10 Å². The van der Waals surface area contributed by atoms with Crippen LogP contribution in [0, 0.1) is 0 Å². The first-order valence-electron chi connectivity index (χ1n) is 10.6. The standard InChI is InChI=1S/C27H22ClNO3/c1-2-31-23-15-12-22(13-16-23)29-25(19-7-10-21(28)11-8-19)26(27(29)30)32-24-14-9-18-5-3-4-6-20(18)17-24/h3-17,25-26H,2H2,1H3/t25-,26+/m0/s1. The molecule has 1 amide bonds. The predicted molar refractivity (Wildman–Crippen MR) is 128 cm³/mol. The van der Waals surface area contributed by atoms with Gasteiger partial charge in [0.25, 0.3) is 5.91 Å². The van der Waals surface area contributed by atoms with E-state index in [9.17, 15) is 4.79 Å². The molecule has 4 aromatic rings. The van der Waals surface area contributed by atoms with Gasteiger partial charge in [0, 0.05) is 10.7 Å². The van der Waals surface area contributed by atoms with Gasteiger partial charge in [-0.05, 0) is 71.8 Å². The lowest BCUT2D eigenvalue weighted by molar-refractivity contribution is -0.135. The molecule has 1 heterocycles. The Morgan fingerprint density at radius 1 is 0.844 bits per heavy atom. The highest BCUT2D eigenvalue weighted by Gasteiger charge is 2.51. The Labute approximate surface area is 191 Å². The average molecular weight is 444 g/mol. The van der Waals surface area contributed by atoms with E-state index in [-0.39, 0.29) is 11.9 Å². The number of carbonyl (C=O) groups is 1. The molecule has 1 fully saturated rings. The van der Waals surface area contributed by atoms with Crippen LogP contribution < -0.4 is 14.4 Å². The Balaban J connectivity index is 1.47. The minimum absolute atomic E-state index is 0.0812. The van der Waals surface area contributed by atoms with E-state index in [0.717, 1.165) is 27.8 Å². The summed E-state index contributed by atoms with van der Waals surface area (Å²) in [5.74, 6) is 1.37. The van der Waals surface area contributed by atoms with E-state index in [1.807, 2.05) is 91.9 Å². The molecular weight excluding hydrogens is 422 g/mol. The number of fused-ring (bicyclic) bond motifs is 1. The number of benzene rings is 4. The van der Waals surface area contributed by atoms with Crippen molar-refractivity contribution in [3.05, 3.63) is 102 Å². The Kier molecular flexibility index (Phi) is 5.46.